The Morgan fingerprint density at radius 1 is 1.16 bits per heavy atom. The maximum Gasteiger partial charge on any atom is 0.323 e. The predicted molar refractivity (Wildman–Crippen MR) is 62.6 cm³/mol. The van der Waals surface area contributed by atoms with E-state index in [9.17, 15) is 18.8 Å². The van der Waals surface area contributed by atoms with Gasteiger partial charge in [-0.1, -0.05) is 11.6 Å². The lowest BCUT2D eigenvalue weighted by atomic mass is 10.2. The summed E-state index contributed by atoms with van der Waals surface area (Å²) in [6.45, 7) is -1.59. The first-order valence-corrected chi connectivity index (χ1v) is 5.37. The normalized spacial score (nSPS) is 10.0. The molecule has 1 rings (SSSR count). The fraction of sp³-hybridized carbons (Fsp3) is 0.182. The Balaban J connectivity index is 3.04. The number of benzene rings is 1. The van der Waals surface area contributed by atoms with Crippen LogP contribution in [0.2, 0.25) is 5.02 Å². The lowest BCUT2D eigenvalue weighted by Gasteiger charge is -2.19. The van der Waals surface area contributed by atoms with E-state index < -0.39 is 36.8 Å². The van der Waals surface area contributed by atoms with Gasteiger partial charge >= 0.3 is 11.9 Å². The SMILES string of the molecule is O=C(O)CN(CC(=O)O)C(=O)c1ccc(F)cc1Cl. The lowest BCUT2D eigenvalue weighted by molar-refractivity contribution is -0.140. The van der Waals surface area contributed by atoms with Crippen LogP contribution < -0.4 is 0 Å². The van der Waals surface area contributed by atoms with Gasteiger partial charge in [0.1, 0.15) is 18.9 Å². The summed E-state index contributed by atoms with van der Waals surface area (Å²) in [7, 11) is 0. The Labute approximate surface area is 112 Å². The van der Waals surface area contributed by atoms with Gasteiger partial charge in [0.25, 0.3) is 5.91 Å². The van der Waals surface area contributed by atoms with E-state index in [1.807, 2.05) is 0 Å². The van der Waals surface area contributed by atoms with E-state index in [1.54, 1.807) is 0 Å². The van der Waals surface area contributed by atoms with Crippen molar-refractivity contribution in [2.45, 2.75) is 0 Å². The molecular formula is C11H9ClFNO5. The van der Waals surface area contributed by atoms with Gasteiger partial charge < -0.3 is 15.1 Å². The second-order valence-electron chi connectivity index (χ2n) is 3.57. The summed E-state index contributed by atoms with van der Waals surface area (Å²) < 4.78 is 12.8. The van der Waals surface area contributed by atoms with Crippen molar-refractivity contribution < 1.29 is 29.0 Å². The van der Waals surface area contributed by atoms with Crippen molar-refractivity contribution in [1.82, 2.24) is 4.90 Å². The van der Waals surface area contributed by atoms with Crippen LogP contribution in [0.15, 0.2) is 18.2 Å². The quantitative estimate of drug-likeness (QED) is 0.846. The molecule has 1 amide bonds. The van der Waals surface area contributed by atoms with E-state index in [-0.39, 0.29) is 10.6 Å². The third-order valence-corrected chi connectivity index (χ3v) is 2.41. The number of carboxylic acid groups (broad SMARTS) is 2. The molecule has 0 saturated carbocycles. The summed E-state index contributed by atoms with van der Waals surface area (Å²) in [6, 6.07) is 2.92. The highest BCUT2D eigenvalue weighted by Gasteiger charge is 2.23. The molecule has 0 heterocycles. The smallest absolute Gasteiger partial charge is 0.323 e. The van der Waals surface area contributed by atoms with Crippen molar-refractivity contribution in [2.24, 2.45) is 0 Å². The number of carboxylic acids is 2. The monoisotopic (exact) mass is 289 g/mol. The van der Waals surface area contributed by atoms with E-state index in [0.29, 0.717) is 4.90 Å². The van der Waals surface area contributed by atoms with Gasteiger partial charge in [-0.25, -0.2) is 4.39 Å². The average molecular weight is 290 g/mol. The van der Waals surface area contributed by atoms with Crippen LogP contribution in [0.25, 0.3) is 0 Å². The molecule has 0 bridgehead atoms. The molecule has 0 aliphatic heterocycles. The van der Waals surface area contributed by atoms with Gasteiger partial charge in [0.2, 0.25) is 0 Å². The molecule has 0 fully saturated rings. The van der Waals surface area contributed by atoms with Gasteiger partial charge in [-0.15, -0.1) is 0 Å². The fourth-order valence-electron chi connectivity index (χ4n) is 1.36. The number of hydrogen-bond acceptors (Lipinski definition) is 3. The zero-order chi connectivity index (χ0) is 14.6. The molecule has 1 aromatic carbocycles. The molecule has 0 unspecified atom stereocenters. The fourth-order valence-corrected chi connectivity index (χ4v) is 1.61. The first kappa shape index (κ1) is 14.9. The van der Waals surface area contributed by atoms with E-state index in [0.717, 1.165) is 18.2 Å². The van der Waals surface area contributed by atoms with E-state index >= 15 is 0 Å². The first-order valence-electron chi connectivity index (χ1n) is 4.99. The van der Waals surface area contributed by atoms with Gasteiger partial charge in [-0.3, -0.25) is 14.4 Å². The third kappa shape index (κ3) is 4.22. The van der Waals surface area contributed by atoms with Crippen molar-refractivity contribution in [3.05, 3.63) is 34.6 Å². The molecule has 0 radical (unpaired) electrons. The summed E-state index contributed by atoms with van der Waals surface area (Å²) in [5.41, 5.74) is -0.162. The van der Waals surface area contributed by atoms with E-state index in [2.05, 4.69) is 0 Å². The van der Waals surface area contributed by atoms with E-state index in [1.165, 1.54) is 0 Å². The highest BCUT2D eigenvalue weighted by Crippen LogP contribution is 2.19. The second kappa shape index (κ2) is 6.14. The number of carbonyl (C=O) groups is 3. The summed E-state index contributed by atoms with van der Waals surface area (Å²) >= 11 is 5.66. The predicted octanol–water partition coefficient (Wildman–Crippen LogP) is 1.09. The van der Waals surface area contributed by atoms with Crippen molar-refractivity contribution in [3.8, 4) is 0 Å². The number of carbonyl (C=O) groups excluding carboxylic acids is 1. The maximum absolute atomic E-state index is 12.8. The van der Waals surface area contributed by atoms with Crippen LogP contribution in [0, 0.1) is 5.82 Å². The Hall–Kier alpha value is -2.15. The number of nitrogens with zero attached hydrogens (tertiary/aromatic N) is 1. The molecule has 0 aromatic heterocycles. The Morgan fingerprint density at radius 3 is 2.11 bits per heavy atom. The molecule has 0 aliphatic rings. The molecule has 1 aromatic rings. The van der Waals surface area contributed by atoms with Gasteiger partial charge in [0.05, 0.1) is 10.6 Å². The van der Waals surface area contributed by atoms with Gasteiger partial charge in [-0.05, 0) is 18.2 Å². The zero-order valence-electron chi connectivity index (χ0n) is 9.47. The topological polar surface area (TPSA) is 94.9 Å². The number of rotatable bonds is 5. The van der Waals surface area contributed by atoms with Crippen molar-refractivity contribution in [2.75, 3.05) is 13.1 Å². The number of hydrogen-bond donors (Lipinski definition) is 2. The first-order chi connectivity index (χ1) is 8.81. The number of aliphatic carboxylic acids is 2. The number of halogens is 2. The Morgan fingerprint density at radius 2 is 1.68 bits per heavy atom. The van der Waals surface area contributed by atoms with Crippen molar-refractivity contribution >= 4 is 29.4 Å². The average Bonchev–Trinajstić information content (AvgIpc) is 2.26. The standard InChI is InChI=1S/C11H9ClFNO5/c12-8-3-6(13)1-2-7(8)11(19)14(4-9(15)16)5-10(17)18/h1-3H,4-5H2,(H,15,16)(H,17,18). The minimum atomic E-state index is -1.37. The van der Waals surface area contributed by atoms with Crippen molar-refractivity contribution in [3.63, 3.8) is 0 Å². The van der Waals surface area contributed by atoms with E-state index in [4.69, 9.17) is 21.8 Å². The highest BCUT2D eigenvalue weighted by atomic mass is 35.5. The van der Waals surface area contributed by atoms with Crippen LogP contribution in [0.4, 0.5) is 4.39 Å². The van der Waals surface area contributed by atoms with Crippen LogP contribution in [0.1, 0.15) is 10.4 Å². The molecule has 19 heavy (non-hydrogen) atoms. The molecule has 0 aliphatic carbocycles. The summed E-state index contributed by atoms with van der Waals surface area (Å²) in [5, 5.41) is 17.0. The summed E-state index contributed by atoms with van der Waals surface area (Å²) in [4.78, 5) is 33.7. The molecule has 0 saturated heterocycles. The molecular weight excluding hydrogens is 281 g/mol. The molecule has 0 spiro atoms. The maximum atomic E-state index is 12.8. The highest BCUT2D eigenvalue weighted by molar-refractivity contribution is 6.33. The number of amides is 1. The second-order valence-corrected chi connectivity index (χ2v) is 3.98. The Bertz CT molecular complexity index is 518. The molecule has 8 heteroatoms. The largest absolute Gasteiger partial charge is 0.480 e. The third-order valence-electron chi connectivity index (χ3n) is 2.10. The lowest BCUT2D eigenvalue weighted by Crippen LogP contribution is -2.39. The summed E-state index contributed by atoms with van der Waals surface area (Å²) in [5.74, 6) is -4.29. The molecule has 2 N–H and O–H groups in total. The molecule has 102 valence electrons. The van der Waals surface area contributed by atoms with Crippen LogP contribution in [0.5, 0.6) is 0 Å². The van der Waals surface area contributed by atoms with Crippen LogP contribution in [-0.4, -0.2) is 46.0 Å². The summed E-state index contributed by atoms with van der Waals surface area (Å²) in [6.07, 6.45) is 0. The minimum absolute atomic E-state index is 0.162. The van der Waals surface area contributed by atoms with Crippen LogP contribution in [0.3, 0.4) is 0 Å². The van der Waals surface area contributed by atoms with Crippen LogP contribution in [-0.2, 0) is 9.59 Å². The zero-order valence-corrected chi connectivity index (χ0v) is 10.2. The minimum Gasteiger partial charge on any atom is -0.480 e. The van der Waals surface area contributed by atoms with Crippen LogP contribution >= 0.6 is 11.6 Å². The van der Waals surface area contributed by atoms with Gasteiger partial charge in [0, 0.05) is 0 Å². The molecule has 6 nitrogen and oxygen atoms in total. The van der Waals surface area contributed by atoms with Gasteiger partial charge in [0.15, 0.2) is 0 Å². The molecule has 0 atom stereocenters. The van der Waals surface area contributed by atoms with Crippen molar-refractivity contribution in [1.29, 1.82) is 0 Å². The Kier molecular flexibility index (Phi) is 4.82. The van der Waals surface area contributed by atoms with Gasteiger partial charge in [-0.2, -0.15) is 0 Å².